The number of carbonyl (C=O) groups is 1. The average Bonchev–Trinajstić information content (AvgIpc) is 2.16. The zero-order valence-electron chi connectivity index (χ0n) is 10.2. The van der Waals surface area contributed by atoms with E-state index in [4.69, 9.17) is 5.73 Å². The van der Waals surface area contributed by atoms with Gasteiger partial charge in [0, 0.05) is 25.7 Å². The number of benzene rings is 1. The Morgan fingerprint density at radius 3 is 2.50 bits per heavy atom. The van der Waals surface area contributed by atoms with Crippen molar-refractivity contribution >= 4 is 23.0 Å². The first kappa shape index (κ1) is 12.4. The quantitative estimate of drug-likeness (QED) is 0.767. The first-order valence-electron chi connectivity index (χ1n) is 5.29. The van der Waals surface area contributed by atoms with Gasteiger partial charge in [0.15, 0.2) is 0 Å². The summed E-state index contributed by atoms with van der Waals surface area (Å²) in [7, 11) is 3.85. The maximum atomic E-state index is 11.6. The fourth-order valence-electron chi connectivity index (χ4n) is 1.32. The van der Waals surface area contributed by atoms with Crippen LogP contribution in [0.2, 0.25) is 0 Å². The van der Waals surface area contributed by atoms with Crippen LogP contribution in [0.1, 0.15) is 13.8 Å². The molecule has 0 bridgehead atoms. The molecule has 4 heteroatoms. The highest BCUT2D eigenvalue weighted by molar-refractivity contribution is 5.96. The molecule has 0 saturated heterocycles. The van der Waals surface area contributed by atoms with E-state index < -0.39 is 0 Å². The topological polar surface area (TPSA) is 58.4 Å². The molecule has 88 valence electrons. The number of nitrogens with zero attached hydrogens (tertiary/aromatic N) is 1. The van der Waals surface area contributed by atoms with Gasteiger partial charge in [-0.1, -0.05) is 13.8 Å². The lowest BCUT2D eigenvalue weighted by Crippen LogP contribution is -2.20. The summed E-state index contributed by atoms with van der Waals surface area (Å²) in [4.78, 5) is 13.6. The summed E-state index contributed by atoms with van der Waals surface area (Å²) in [6.07, 6.45) is 0. The largest absolute Gasteiger partial charge is 0.399 e. The van der Waals surface area contributed by atoms with Gasteiger partial charge < -0.3 is 16.0 Å². The second-order valence-corrected chi connectivity index (χ2v) is 4.31. The Morgan fingerprint density at radius 1 is 1.38 bits per heavy atom. The van der Waals surface area contributed by atoms with Gasteiger partial charge >= 0.3 is 0 Å². The van der Waals surface area contributed by atoms with Gasteiger partial charge in [-0.15, -0.1) is 0 Å². The molecule has 1 aromatic carbocycles. The molecule has 0 spiro atoms. The summed E-state index contributed by atoms with van der Waals surface area (Å²) in [6, 6.07) is 5.49. The van der Waals surface area contributed by atoms with Gasteiger partial charge in [-0.25, -0.2) is 0 Å². The number of nitrogens with one attached hydrogen (secondary N) is 1. The monoisotopic (exact) mass is 221 g/mol. The van der Waals surface area contributed by atoms with Crippen molar-refractivity contribution in [2.24, 2.45) is 5.92 Å². The van der Waals surface area contributed by atoms with Crippen molar-refractivity contribution in [2.75, 3.05) is 30.0 Å². The van der Waals surface area contributed by atoms with Crippen LogP contribution in [0.15, 0.2) is 18.2 Å². The maximum Gasteiger partial charge on any atom is 0.226 e. The van der Waals surface area contributed by atoms with E-state index in [0.717, 1.165) is 11.4 Å². The Labute approximate surface area is 96.4 Å². The highest BCUT2D eigenvalue weighted by Crippen LogP contribution is 2.26. The van der Waals surface area contributed by atoms with Crippen LogP contribution < -0.4 is 16.0 Å². The minimum Gasteiger partial charge on any atom is -0.399 e. The summed E-state index contributed by atoms with van der Waals surface area (Å²) >= 11 is 0. The molecular formula is C12H19N3O. The smallest absolute Gasteiger partial charge is 0.226 e. The molecule has 0 fully saturated rings. The van der Waals surface area contributed by atoms with Gasteiger partial charge in [-0.3, -0.25) is 4.79 Å². The third-order valence-electron chi connectivity index (χ3n) is 2.28. The van der Waals surface area contributed by atoms with Crippen LogP contribution in [0, 0.1) is 5.92 Å². The molecule has 3 N–H and O–H groups in total. The second-order valence-electron chi connectivity index (χ2n) is 4.31. The fourth-order valence-corrected chi connectivity index (χ4v) is 1.32. The normalized spacial score (nSPS) is 10.3. The van der Waals surface area contributed by atoms with Crippen molar-refractivity contribution in [2.45, 2.75) is 13.8 Å². The Balaban J connectivity index is 3.01. The molecular weight excluding hydrogens is 202 g/mol. The SMILES string of the molecule is CC(C)C(=O)Nc1cc(N)ccc1N(C)C. The van der Waals surface area contributed by atoms with E-state index in [2.05, 4.69) is 5.32 Å². The van der Waals surface area contributed by atoms with E-state index in [1.807, 2.05) is 45.0 Å². The standard InChI is InChI=1S/C12H19N3O/c1-8(2)12(16)14-10-7-9(13)5-6-11(10)15(3)4/h5-8H,13H2,1-4H3,(H,14,16). The number of anilines is 3. The van der Waals surface area contributed by atoms with Crippen molar-refractivity contribution in [3.63, 3.8) is 0 Å². The van der Waals surface area contributed by atoms with Crippen LogP contribution in [0.25, 0.3) is 0 Å². The number of hydrogen-bond acceptors (Lipinski definition) is 3. The first-order valence-corrected chi connectivity index (χ1v) is 5.29. The zero-order valence-corrected chi connectivity index (χ0v) is 10.2. The van der Waals surface area contributed by atoms with Gasteiger partial charge in [0.1, 0.15) is 0 Å². The Kier molecular flexibility index (Phi) is 3.77. The summed E-state index contributed by atoms with van der Waals surface area (Å²) in [6.45, 7) is 3.72. The van der Waals surface area contributed by atoms with Crippen LogP contribution in [0.3, 0.4) is 0 Å². The van der Waals surface area contributed by atoms with Gasteiger partial charge in [0.05, 0.1) is 11.4 Å². The van der Waals surface area contributed by atoms with E-state index in [1.54, 1.807) is 6.07 Å². The van der Waals surface area contributed by atoms with Gasteiger partial charge in [-0.2, -0.15) is 0 Å². The molecule has 0 radical (unpaired) electrons. The van der Waals surface area contributed by atoms with Crippen LogP contribution in [0.5, 0.6) is 0 Å². The van der Waals surface area contributed by atoms with Crippen molar-refractivity contribution in [1.29, 1.82) is 0 Å². The molecule has 0 aromatic heterocycles. The highest BCUT2D eigenvalue weighted by atomic mass is 16.1. The summed E-state index contributed by atoms with van der Waals surface area (Å²) in [5.74, 6) is -0.0508. The lowest BCUT2D eigenvalue weighted by atomic mass is 10.2. The maximum absolute atomic E-state index is 11.6. The van der Waals surface area contributed by atoms with E-state index in [0.29, 0.717) is 5.69 Å². The predicted molar refractivity (Wildman–Crippen MR) is 68.6 cm³/mol. The van der Waals surface area contributed by atoms with Crippen LogP contribution in [-0.4, -0.2) is 20.0 Å². The second kappa shape index (κ2) is 4.88. The van der Waals surface area contributed by atoms with E-state index in [9.17, 15) is 4.79 Å². The molecule has 4 nitrogen and oxygen atoms in total. The molecule has 1 rings (SSSR count). The average molecular weight is 221 g/mol. The lowest BCUT2D eigenvalue weighted by molar-refractivity contribution is -0.118. The van der Waals surface area contributed by atoms with Crippen LogP contribution in [0.4, 0.5) is 17.1 Å². The Morgan fingerprint density at radius 2 is 2.00 bits per heavy atom. The third kappa shape index (κ3) is 2.89. The van der Waals surface area contributed by atoms with Crippen molar-refractivity contribution in [3.05, 3.63) is 18.2 Å². The predicted octanol–water partition coefficient (Wildman–Crippen LogP) is 1.93. The first-order chi connectivity index (χ1) is 7.41. The lowest BCUT2D eigenvalue weighted by Gasteiger charge is -2.19. The number of rotatable bonds is 3. The molecule has 0 aliphatic heterocycles. The van der Waals surface area contributed by atoms with Gasteiger partial charge in [-0.05, 0) is 18.2 Å². The minimum atomic E-state index is -0.0450. The number of nitrogens with two attached hydrogens (primary N) is 1. The molecule has 0 atom stereocenters. The zero-order chi connectivity index (χ0) is 12.3. The molecule has 0 heterocycles. The minimum absolute atomic E-state index is 0.00583. The highest BCUT2D eigenvalue weighted by Gasteiger charge is 2.11. The molecule has 0 aliphatic carbocycles. The van der Waals surface area contributed by atoms with E-state index in [-0.39, 0.29) is 11.8 Å². The summed E-state index contributed by atoms with van der Waals surface area (Å²) < 4.78 is 0. The van der Waals surface area contributed by atoms with Gasteiger partial charge in [0.2, 0.25) is 5.91 Å². The molecule has 16 heavy (non-hydrogen) atoms. The summed E-state index contributed by atoms with van der Waals surface area (Å²) in [5, 5.41) is 2.87. The van der Waals surface area contributed by atoms with Crippen LogP contribution >= 0.6 is 0 Å². The molecule has 1 aromatic rings. The molecule has 1 amide bonds. The number of hydrogen-bond donors (Lipinski definition) is 2. The molecule has 0 saturated carbocycles. The number of carbonyl (C=O) groups excluding carboxylic acids is 1. The number of amides is 1. The van der Waals surface area contributed by atoms with Crippen molar-refractivity contribution in [1.82, 2.24) is 0 Å². The van der Waals surface area contributed by atoms with Crippen molar-refractivity contribution < 1.29 is 4.79 Å². The Bertz CT molecular complexity index is 386. The fraction of sp³-hybridized carbons (Fsp3) is 0.417. The molecule has 0 unspecified atom stereocenters. The van der Waals surface area contributed by atoms with E-state index in [1.165, 1.54) is 0 Å². The number of nitrogen functional groups attached to an aromatic ring is 1. The third-order valence-corrected chi connectivity index (χ3v) is 2.28. The van der Waals surface area contributed by atoms with E-state index >= 15 is 0 Å². The van der Waals surface area contributed by atoms with Crippen LogP contribution in [-0.2, 0) is 4.79 Å². The van der Waals surface area contributed by atoms with Gasteiger partial charge in [0.25, 0.3) is 0 Å². The molecule has 0 aliphatic rings. The van der Waals surface area contributed by atoms with Crippen molar-refractivity contribution in [3.8, 4) is 0 Å². The summed E-state index contributed by atoms with van der Waals surface area (Å²) in [5.41, 5.74) is 8.05. The Hall–Kier alpha value is -1.71.